The number of piperidine rings is 1. The number of halogens is 1. The summed E-state index contributed by atoms with van der Waals surface area (Å²) in [6.07, 6.45) is 3.02. The zero-order valence-electron chi connectivity index (χ0n) is 18.4. The van der Waals surface area contributed by atoms with E-state index in [2.05, 4.69) is 36.2 Å². The Morgan fingerprint density at radius 2 is 2.06 bits per heavy atom. The lowest BCUT2D eigenvalue weighted by Crippen LogP contribution is -2.46. The number of carbonyl (C=O) groups is 2. The van der Waals surface area contributed by atoms with E-state index in [0.717, 1.165) is 28.3 Å². The molecule has 9 nitrogen and oxygen atoms in total. The molecule has 4 heterocycles. The molecular formula is C24H22BrN7O2. The first-order chi connectivity index (χ1) is 16.4. The minimum absolute atomic E-state index is 0.0715. The summed E-state index contributed by atoms with van der Waals surface area (Å²) in [4.78, 5) is 41.4. The van der Waals surface area contributed by atoms with Gasteiger partial charge in [-0.3, -0.25) is 9.59 Å². The van der Waals surface area contributed by atoms with E-state index in [4.69, 9.17) is 5.73 Å². The Bertz CT molecular complexity index is 1480. The summed E-state index contributed by atoms with van der Waals surface area (Å²) in [5.41, 5.74) is 8.74. The number of aromatic nitrogens is 4. The van der Waals surface area contributed by atoms with E-state index < -0.39 is 6.04 Å². The number of amides is 2. The fourth-order valence-electron chi connectivity index (χ4n) is 5.16. The van der Waals surface area contributed by atoms with E-state index in [0.29, 0.717) is 34.2 Å². The maximum atomic E-state index is 13.7. The predicted molar refractivity (Wildman–Crippen MR) is 132 cm³/mol. The number of nitrogens with one attached hydrogen (secondary N) is 1. The van der Waals surface area contributed by atoms with Gasteiger partial charge in [-0.1, -0.05) is 18.2 Å². The summed E-state index contributed by atoms with van der Waals surface area (Å²) in [7, 11) is 0. The van der Waals surface area contributed by atoms with Crippen molar-refractivity contribution in [1.82, 2.24) is 24.4 Å². The first-order valence-electron chi connectivity index (χ1n) is 11.1. The summed E-state index contributed by atoms with van der Waals surface area (Å²) in [5, 5.41) is 4.52. The number of hydrogen-bond donors (Lipinski definition) is 2. The van der Waals surface area contributed by atoms with Crippen LogP contribution in [0.5, 0.6) is 0 Å². The Hall–Kier alpha value is -3.53. The van der Waals surface area contributed by atoms with Gasteiger partial charge < -0.3 is 20.5 Å². The molecule has 1 aliphatic carbocycles. The standard InChI is InChI=1S/C24H22BrN7O2/c1-12-5-6-14-16(7-12)31(23-21(14)22(26)27-11-28-23)10-20(33)32-15-8-13(15)9-17(32)24(34)30-19-4-2-3-18(25)29-19/h2-7,11,13,15,17H,8-10H2,1H3,(H2,26,27,28)(H,29,30,34)/t13-,15-,17+/m1/s1. The highest BCUT2D eigenvalue weighted by Gasteiger charge is 2.56. The van der Waals surface area contributed by atoms with E-state index >= 15 is 0 Å². The molecule has 1 aromatic carbocycles. The zero-order valence-corrected chi connectivity index (χ0v) is 20.0. The molecule has 10 heteroatoms. The highest BCUT2D eigenvalue weighted by molar-refractivity contribution is 9.10. The first kappa shape index (κ1) is 21.0. The van der Waals surface area contributed by atoms with Gasteiger partial charge >= 0.3 is 0 Å². The number of nitrogen functional groups attached to an aromatic ring is 1. The van der Waals surface area contributed by atoms with Crippen LogP contribution in [-0.2, 0) is 16.1 Å². The number of hydrogen-bond acceptors (Lipinski definition) is 6. The third kappa shape index (κ3) is 3.40. The molecule has 6 rings (SSSR count). The zero-order chi connectivity index (χ0) is 23.6. The molecule has 2 aliphatic rings. The topological polar surface area (TPSA) is 119 Å². The number of likely N-dealkylation sites (tertiary alicyclic amines) is 1. The normalized spacial score (nSPS) is 21.1. The van der Waals surface area contributed by atoms with Crippen LogP contribution in [0.25, 0.3) is 21.9 Å². The van der Waals surface area contributed by atoms with Crippen molar-refractivity contribution in [1.29, 1.82) is 0 Å². The van der Waals surface area contributed by atoms with E-state index in [-0.39, 0.29) is 24.4 Å². The summed E-state index contributed by atoms with van der Waals surface area (Å²) in [6, 6.07) is 10.9. The van der Waals surface area contributed by atoms with Crippen LogP contribution in [0, 0.1) is 12.8 Å². The number of anilines is 2. The van der Waals surface area contributed by atoms with E-state index in [1.807, 2.05) is 29.7 Å². The molecule has 34 heavy (non-hydrogen) atoms. The van der Waals surface area contributed by atoms with Crippen LogP contribution in [-0.4, -0.2) is 48.3 Å². The summed E-state index contributed by atoms with van der Waals surface area (Å²) in [5.74, 6) is 0.888. The monoisotopic (exact) mass is 519 g/mol. The van der Waals surface area contributed by atoms with Crippen molar-refractivity contribution >= 4 is 61.3 Å². The number of nitrogens with zero attached hydrogens (tertiary/aromatic N) is 5. The van der Waals surface area contributed by atoms with Crippen LogP contribution in [0.2, 0.25) is 0 Å². The molecule has 0 unspecified atom stereocenters. The minimum atomic E-state index is -0.522. The van der Waals surface area contributed by atoms with Gasteiger partial charge in [0.05, 0.1) is 10.9 Å². The van der Waals surface area contributed by atoms with Gasteiger partial charge in [-0.25, -0.2) is 15.0 Å². The van der Waals surface area contributed by atoms with Gasteiger partial charge in [0.1, 0.15) is 40.8 Å². The van der Waals surface area contributed by atoms with Gasteiger partial charge in [0, 0.05) is 11.4 Å². The maximum Gasteiger partial charge on any atom is 0.248 e. The first-order valence-corrected chi connectivity index (χ1v) is 11.9. The van der Waals surface area contributed by atoms with Gasteiger partial charge in [0.15, 0.2) is 0 Å². The predicted octanol–water partition coefficient (Wildman–Crippen LogP) is 3.26. The fraction of sp³-hybridized carbons (Fsp3) is 0.292. The molecule has 3 N–H and O–H groups in total. The second-order valence-corrected chi connectivity index (χ2v) is 9.83. The van der Waals surface area contributed by atoms with Crippen molar-refractivity contribution in [2.45, 2.75) is 38.4 Å². The van der Waals surface area contributed by atoms with Crippen molar-refractivity contribution in [2.75, 3.05) is 11.1 Å². The number of carbonyl (C=O) groups excluding carboxylic acids is 2. The Balaban J connectivity index is 1.33. The quantitative estimate of drug-likeness (QED) is 0.399. The van der Waals surface area contributed by atoms with Crippen LogP contribution in [0.3, 0.4) is 0 Å². The third-order valence-electron chi connectivity index (χ3n) is 6.78. The molecule has 3 aromatic heterocycles. The van der Waals surface area contributed by atoms with Crippen LogP contribution < -0.4 is 11.1 Å². The molecule has 0 spiro atoms. The van der Waals surface area contributed by atoms with Gasteiger partial charge in [0.2, 0.25) is 11.8 Å². The molecule has 0 bridgehead atoms. The van der Waals surface area contributed by atoms with Crippen molar-refractivity contribution < 1.29 is 9.59 Å². The SMILES string of the molecule is Cc1ccc2c3c(N)ncnc3n(CC(=O)N3[C@@H]4C[C@@H]4C[C@H]3C(=O)Nc3cccc(Br)n3)c2c1. The Labute approximate surface area is 203 Å². The van der Waals surface area contributed by atoms with Crippen LogP contribution >= 0.6 is 15.9 Å². The van der Waals surface area contributed by atoms with Gasteiger partial charge in [-0.05, 0) is 65.4 Å². The van der Waals surface area contributed by atoms with Crippen molar-refractivity contribution in [2.24, 2.45) is 5.92 Å². The third-order valence-corrected chi connectivity index (χ3v) is 7.22. The molecule has 1 aliphatic heterocycles. The Kier molecular flexibility index (Phi) is 4.80. The van der Waals surface area contributed by atoms with Crippen molar-refractivity contribution in [3.8, 4) is 0 Å². The maximum absolute atomic E-state index is 13.7. The van der Waals surface area contributed by atoms with Gasteiger partial charge in [-0.2, -0.15) is 0 Å². The molecule has 3 atom stereocenters. The lowest BCUT2D eigenvalue weighted by atomic mass is 10.1. The fourth-order valence-corrected chi connectivity index (χ4v) is 5.50. The molecule has 1 saturated heterocycles. The summed E-state index contributed by atoms with van der Waals surface area (Å²) < 4.78 is 2.52. The molecule has 2 amide bonds. The van der Waals surface area contributed by atoms with Crippen LogP contribution in [0.15, 0.2) is 47.3 Å². The number of pyridine rings is 1. The van der Waals surface area contributed by atoms with E-state index in [1.54, 1.807) is 23.1 Å². The lowest BCUT2D eigenvalue weighted by molar-refractivity contribution is -0.138. The molecule has 1 saturated carbocycles. The van der Waals surface area contributed by atoms with Crippen LogP contribution in [0.4, 0.5) is 11.6 Å². The Morgan fingerprint density at radius 3 is 2.88 bits per heavy atom. The summed E-state index contributed by atoms with van der Waals surface area (Å²) >= 11 is 3.32. The molecule has 0 radical (unpaired) electrons. The van der Waals surface area contributed by atoms with Gasteiger partial charge in [-0.15, -0.1) is 0 Å². The van der Waals surface area contributed by atoms with Gasteiger partial charge in [0.25, 0.3) is 0 Å². The molecule has 2 fully saturated rings. The molecular weight excluding hydrogens is 498 g/mol. The van der Waals surface area contributed by atoms with E-state index in [9.17, 15) is 9.59 Å². The van der Waals surface area contributed by atoms with Crippen LogP contribution in [0.1, 0.15) is 18.4 Å². The number of fused-ring (bicyclic) bond motifs is 4. The average Bonchev–Trinajstić information content (AvgIpc) is 3.35. The van der Waals surface area contributed by atoms with Crippen molar-refractivity contribution in [3.05, 3.63) is 52.9 Å². The van der Waals surface area contributed by atoms with Crippen molar-refractivity contribution in [3.63, 3.8) is 0 Å². The summed E-state index contributed by atoms with van der Waals surface area (Å²) in [6.45, 7) is 2.08. The highest BCUT2D eigenvalue weighted by Crippen LogP contribution is 2.48. The number of rotatable bonds is 4. The average molecular weight is 520 g/mol. The number of nitrogens with two attached hydrogens (primary N) is 1. The Morgan fingerprint density at radius 1 is 1.21 bits per heavy atom. The highest BCUT2D eigenvalue weighted by atomic mass is 79.9. The largest absolute Gasteiger partial charge is 0.383 e. The second-order valence-electron chi connectivity index (χ2n) is 9.01. The second kappa shape index (κ2) is 7.76. The minimum Gasteiger partial charge on any atom is -0.383 e. The number of benzene rings is 1. The molecule has 172 valence electrons. The number of aryl methyl sites for hydroxylation is 1. The molecule has 4 aromatic rings. The smallest absolute Gasteiger partial charge is 0.248 e. The van der Waals surface area contributed by atoms with E-state index in [1.165, 1.54) is 6.33 Å². The lowest BCUT2D eigenvalue weighted by Gasteiger charge is -2.27.